The maximum atomic E-state index is 12.0. The third-order valence-electron chi connectivity index (χ3n) is 3.08. The van der Waals surface area contributed by atoms with Gasteiger partial charge in [0.15, 0.2) is 18.1 Å². The molecule has 26 heavy (non-hydrogen) atoms. The van der Waals surface area contributed by atoms with Gasteiger partial charge in [-0.1, -0.05) is 0 Å². The number of nitrogens with one attached hydrogen (secondary N) is 1. The summed E-state index contributed by atoms with van der Waals surface area (Å²) >= 11 is 4.17. The SMILES string of the molecule is COc1cc(/C=N\NC(=O)c2ccc(I)cc2)cc(I)c1OCC(=O)O. The molecule has 0 aromatic heterocycles. The van der Waals surface area contributed by atoms with Crippen LogP contribution in [-0.4, -0.2) is 36.9 Å². The van der Waals surface area contributed by atoms with Crippen molar-refractivity contribution >= 4 is 63.3 Å². The predicted octanol–water partition coefficient (Wildman–Crippen LogP) is 3.13. The van der Waals surface area contributed by atoms with Crippen LogP contribution >= 0.6 is 45.2 Å². The molecule has 0 aliphatic heterocycles. The summed E-state index contributed by atoms with van der Waals surface area (Å²) in [5.41, 5.74) is 3.62. The number of amides is 1. The monoisotopic (exact) mass is 580 g/mol. The highest BCUT2D eigenvalue weighted by Gasteiger charge is 2.12. The zero-order valence-corrected chi connectivity index (χ0v) is 17.8. The molecular weight excluding hydrogens is 566 g/mol. The molecule has 1 amide bonds. The van der Waals surface area contributed by atoms with Crippen LogP contribution in [0.25, 0.3) is 0 Å². The van der Waals surface area contributed by atoms with Crippen LogP contribution in [0.1, 0.15) is 15.9 Å². The lowest BCUT2D eigenvalue weighted by molar-refractivity contribution is -0.139. The second-order valence-corrected chi connectivity index (χ2v) is 7.33. The Bertz CT molecular complexity index is 838. The fraction of sp³-hybridized carbons (Fsp3) is 0.118. The molecule has 0 aliphatic rings. The molecule has 7 nitrogen and oxygen atoms in total. The van der Waals surface area contributed by atoms with E-state index in [2.05, 4.69) is 33.1 Å². The number of rotatable bonds is 7. The van der Waals surface area contributed by atoms with Crippen LogP contribution in [-0.2, 0) is 4.79 Å². The van der Waals surface area contributed by atoms with E-state index in [0.29, 0.717) is 26.2 Å². The Morgan fingerprint density at radius 3 is 2.54 bits per heavy atom. The number of benzene rings is 2. The molecule has 0 bridgehead atoms. The Balaban J connectivity index is 2.09. The molecule has 2 N–H and O–H groups in total. The first-order valence-electron chi connectivity index (χ1n) is 7.22. The Morgan fingerprint density at radius 2 is 1.92 bits per heavy atom. The van der Waals surface area contributed by atoms with Crippen LogP contribution in [0.4, 0.5) is 0 Å². The van der Waals surface area contributed by atoms with Gasteiger partial charge in [-0.25, -0.2) is 10.2 Å². The average Bonchev–Trinajstić information content (AvgIpc) is 2.60. The first-order valence-corrected chi connectivity index (χ1v) is 9.37. The van der Waals surface area contributed by atoms with Crippen molar-refractivity contribution in [3.05, 3.63) is 54.7 Å². The highest BCUT2D eigenvalue weighted by molar-refractivity contribution is 14.1. The van der Waals surface area contributed by atoms with Gasteiger partial charge >= 0.3 is 5.97 Å². The van der Waals surface area contributed by atoms with Gasteiger partial charge in [0.05, 0.1) is 16.9 Å². The lowest BCUT2D eigenvalue weighted by Gasteiger charge is -2.12. The number of carbonyl (C=O) groups excluding carboxylic acids is 1. The average molecular weight is 580 g/mol. The molecule has 0 saturated heterocycles. The molecule has 0 heterocycles. The minimum Gasteiger partial charge on any atom is -0.493 e. The standard InChI is InChI=1S/C17H14I2N2O5/c1-25-14-7-10(6-13(19)16(14)26-9-15(22)23)8-20-21-17(24)11-2-4-12(18)5-3-11/h2-8H,9H2,1H3,(H,21,24)(H,22,23)/b20-8-. The van der Waals surface area contributed by atoms with E-state index in [1.807, 2.05) is 34.7 Å². The van der Waals surface area contributed by atoms with E-state index < -0.39 is 12.6 Å². The van der Waals surface area contributed by atoms with Gasteiger partial charge in [0.1, 0.15) is 0 Å². The summed E-state index contributed by atoms with van der Waals surface area (Å²) in [5.74, 6) is -0.674. The number of hydrazone groups is 1. The maximum Gasteiger partial charge on any atom is 0.341 e. The Hall–Kier alpha value is -1.89. The third-order valence-corrected chi connectivity index (χ3v) is 4.60. The summed E-state index contributed by atoms with van der Waals surface area (Å²) in [5, 5.41) is 12.7. The summed E-state index contributed by atoms with van der Waals surface area (Å²) in [6.45, 7) is -0.466. The fourth-order valence-corrected chi connectivity index (χ4v) is 3.06. The van der Waals surface area contributed by atoms with Crippen molar-refractivity contribution in [2.24, 2.45) is 5.10 Å². The van der Waals surface area contributed by atoms with Gasteiger partial charge in [-0.05, 0) is 87.1 Å². The second kappa shape index (κ2) is 9.71. The molecular formula is C17H14I2N2O5. The topological polar surface area (TPSA) is 97.2 Å². The van der Waals surface area contributed by atoms with E-state index in [4.69, 9.17) is 14.6 Å². The second-order valence-electron chi connectivity index (χ2n) is 4.92. The van der Waals surface area contributed by atoms with Crippen LogP contribution in [0, 0.1) is 7.14 Å². The fourth-order valence-electron chi connectivity index (χ4n) is 1.92. The summed E-state index contributed by atoms with van der Waals surface area (Å²) in [4.78, 5) is 22.7. The van der Waals surface area contributed by atoms with Gasteiger partial charge in [0.2, 0.25) is 0 Å². The van der Waals surface area contributed by atoms with Gasteiger partial charge in [0.25, 0.3) is 5.91 Å². The van der Waals surface area contributed by atoms with Gasteiger partial charge in [-0.3, -0.25) is 4.79 Å². The predicted molar refractivity (Wildman–Crippen MR) is 113 cm³/mol. The first-order chi connectivity index (χ1) is 12.4. The quantitative estimate of drug-likeness (QED) is 0.298. The number of methoxy groups -OCH3 is 1. The van der Waals surface area contributed by atoms with Crippen molar-refractivity contribution in [1.29, 1.82) is 0 Å². The van der Waals surface area contributed by atoms with E-state index in [0.717, 1.165) is 3.57 Å². The van der Waals surface area contributed by atoms with Gasteiger partial charge in [-0.2, -0.15) is 5.10 Å². The number of carboxylic acids is 1. The van der Waals surface area contributed by atoms with Crippen molar-refractivity contribution in [1.82, 2.24) is 5.43 Å². The highest BCUT2D eigenvalue weighted by Crippen LogP contribution is 2.33. The van der Waals surface area contributed by atoms with Crippen LogP contribution in [0.2, 0.25) is 0 Å². The van der Waals surface area contributed by atoms with E-state index in [1.165, 1.54) is 13.3 Å². The minimum absolute atomic E-state index is 0.319. The van der Waals surface area contributed by atoms with Crippen LogP contribution in [0.15, 0.2) is 41.5 Å². The number of hydrogen-bond acceptors (Lipinski definition) is 5. The maximum absolute atomic E-state index is 12.0. The van der Waals surface area contributed by atoms with Gasteiger partial charge in [0, 0.05) is 9.13 Å². The molecule has 0 atom stereocenters. The third kappa shape index (κ3) is 5.83. The summed E-state index contributed by atoms with van der Waals surface area (Å²) in [7, 11) is 1.46. The Labute approximate surface area is 177 Å². The van der Waals surface area contributed by atoms with E-state index >= 15 is 0 Å². The number of carboxylic acid groups (broad SMARTS) is 1. The molecule has 0 aliphatic carbocycles. The van der Waals surface area contributed by atoms with Crippen molar-refractivity contribution in [3.63, 3.8) is 0 Å². The molecule has 9 heteroatoms. The van der Waals surface area contributed by atoms with E-state index in [-0.39, 0.29) is 5.91 Å². The summed E-state index contributed by atoms with van der Waals surface area (Å²) in [6, 6.07) is 10.5. The van der Waals surface area contributed by atoms with Crippen LogP contribution in [0.3, 0.4) is 0 Å². The first kappa shape index (κ1) is 20.4. The Morgan fingerprint density at radius 1 is 1.23 bits per heavy atom. The molecule has 2 aromatic carbocycles. The molecule has 0 spiro atoms. The zero-order chi connectivity index (χ0) is 19.1. The van der Waals surface area contributed by atoms with Gasteiger partial charge in [-0.15, -0.1) is 0 Å². The molecule has 136 valence electrons. The normalized spacial score (nSPS) is 10.6. The van der Waals surface area contributed by atoms with E-state index in [1.54, 1.807) is 24.3 Å². The lowest BCUT2D eigenvalue weighted by Crippen LogP contribution is -2.17. The van der Waals surface area contributed by atoms with Crippen LogP contribution in [0.5, 0.6) is 11.5 Å². The zero-order valence-electron chi connectivity index (χ0n) is 13.5. The van der Waals surface area contributed by atoms with Crippen molar-refractivity contribution < 1.29 is 24.2 Å². The number of carbonyl (C=O) groups is 2. The minimum atomic E-state index is -1.08. The highest BCUT2D eigenvalue weighted by atomic mass is 127. The number of halogens is 2. The van der Waals surface area contributed by atoms with Crippen molar-refractivity contribution in [2.75, 3.05) is 13.7 Å². The molecule has 0 unspecified atom stereocenters. The van der Waals surface area contributed by atoms with E-state index in [9.17, 15) is 9.59 Å². The van der Waals surface area contributed by atoms with Crippen molar-refractivity contribution in [3.8, 4) is 11.5 Å². The molecule has 0 radical (unpaired) electrons. The largest absolute Gasteiger partial charge is 0.493 e. The number of nitrogens with zero attached hydrogens (tertiary/aromatic N) is 1. The smallest absolute Gasteiger partial charge is 0.341 e. The van der Waals surface area contributed by atoms with Crippen LogP contribution < -0.4 is 14.9 Å². The lowest BCUT2D eigenvalue weighted by atomic mass is 10.2. The number of ether oxygens (including phenoxy) is 2. The summed E-state index contributed by atoms with van der Waals surface area (Å²) < 4.78 is 12.2. The molecule has 0 saturated carbocycles. The van der Waals surface area contributed by atoms with Crippen molar-refractivity contribution in [2.45, 2.75) is 0 Å². The Kier molecular flexibility index (Phi) is 7.63. The number of hydrogen-bond donors (Lipinski definition) is 2. The molecule has 2 rings (SSSR count). The molecule has 2 aromatic rings. The summed E-state index contributed by atoms with van der Waals surface area (Å²) in [6.07, 6.45) is 1.47. The number of aliphatic carboxylic acids is 1. The molecule has 0 fully saturated rings. The van der Waals surface area contributed by atoms with Gasteiger partial charge < -0.3 is 14.6 Å².